The molecule has 1 unspecified atom stereocenters. The van der Waals surface area contributed by atoms with Crippen LogP contribution >= 0.6 is 0 Å². The molecule has 0 spiro atoms. The Labute approximate surface area is 73.2 Å². The van der Waals surface area contributed by atoms with Gasteiger partial charge in [0.15, 0.2) is 0 Å². The first-order chi connectivity index (χ1) is 5.74. The van der Waals surface area contributed by atoms with Gasteiger partial charge in [-0.25, -0.2) is 0 Å². The number of hydrogen-bond acceptors (Lipinski definition) is 2. The zero-order valence-electron chi connectivity index (χ0n) is 7.55. The summed E-state index contributed by atoms with van der Waals surface area (Å²) in [5.74, 6) is -0.0806. The lowest BCUT2D eigenvalue weighted by Gasteiger charge is -2.15. The van der Waals surface area contributed by atoms with E-state index in [0.29, 0.717) is 5.92 Å². The topological polar surface area (TPSA) is 49.3 Å². The number of rotatable bonds is 4. The highest BCUT2D eigenvalue weighted by molar-refractivity contribution is 5.73. The summed E-state index contributed by atoms with van der Waals surface area (Å²) in [5.41, 5.74) is 0. The average molecular weight is 171 g/mol. The maximum Gasteiger partial charge on any atom is 0.320 e. The number of hydrogen-bond donors (Lipinski definition) is 2. The Hall–Kier alpha value is -0.570. The fourth-order valence-corrected chi connectivity index (χ4v) is 1.92. The fraction of sp³-hybridized carbons (Fsp3) is 0.889. The second kappa shape index (κ2) is 4.45. The van der Waals surface area contributed by atoms with Crippen LogP contribution in [0.1, 0.15) is 32.1 Å². The molecule has 1 atom stereocenters. The molecule has 1 fully saturated rings. The summed E-state index contributed by atoms with van der Waals surface area (Å²) in [6, 6.07) is -0.340. The van der Waals surface area contributed by atoms with Gasteiger partial charge in [0, 0.05) is 0 Å². The lowest BCUT2D eigenvalue weighted by Crippen LogP contribution is -2.35. The van der Waals surface area contributed by atoms with Crippen LogP contribution in [-0.2, 0) is 4.79 Å². The van der Waals surface area contributed by atoms with E-state index in [9.17, 15) is 4.79 Å². The first-order valence-corrected chi connectivity index (χ1v) is 4.64. The van der Waals surface area contributed by atoms with Crippen molar-refractivity contribution < 1.29 is 9.90 Å². The molecule has 12 heavy (non-hydrogen) atoms. The zero-order chi connectivity index (χ0) is 8.97. The van der Waals surface area contributed by atoms with E-state index in [1.807, 2.05) is 0 Å². The molecule has 3 nitrogen and oxygen atoms in total. The van der Waals surface area contributed by atoms with Crippen LogP contribution in [0.2, 0.25) is 0 Å². The van der Waals surface area contributed by atoms with Crippen molar-refractivity contribution in [2.45, 2.75) is 38.1 Å². The molecule has 0 heterocycles. The summed E-state index contributed by atoms with van der Waals surface area (Å²) >= 11 is 0. The van der Waals surface area contributed by atoms with E-state index in [0.717, 1.165) is 6.42 Å². The van der Waals surface area contributed by atoms with Gasteiger partial charge in [0.2, 0.25) is 0 Å². The molecular formula is C9H17NO2. The minimum Gasteiger partial charge on any atom is -0.480 e. The Kier molecular flexibility index (Phi) is 3.53. The standard InChI is InChI=1S/C9H17NO2/c1-10-8(9(11)12)6-7-4-2-3-5-7/h7-8,10H,2-6H2,1H3,(H,11,12). The minimum atomic E-state index is -0.718. The Bertz CT molecular complexity index is 153. The van der Waals surface area contributed by atoms with Crippen molar-refractivity contribution >= 4 is 5.97 Å². The molecule has 1 saturated carbocycles. The highest BCUT2D eigenvalue weighted by Crippen LogP contribution is 2.28. The van der Waals surface area contributed by atoms with Crippen LogP contribution in [-0.4, -0.2) is 24.2 Å². The maximum atomic E-state index is 10.7. The third-order valence-corrected chi connectivity index (χ3v) is 2.69. The largest absolute Gasteiger partial charge is 0.480 e. The molecule has 1 aliphatic carbocycles. The van der Waals surface area contributed by atoms with Gasteiger partial charge < -0.3 is 10.4 Å². The van der Waals surface area contributed by atoms with E-state index in [1.54, 1.807) is 7.05 Å². The van der Waals surface area contributed by atoms with Gasteiger partial charge in [-0.15, -0.1) is 0 Å². The van der Waals surface area contributed by atoms with Crippen molar-refractivity contribution in [2.75, 3.05) is 7.05 Å². The Morgan fingerprint density at radius 2 is 2.17 bits per heavy atom. The predicted molar refractivity (Wildman–Crippen MR) is 47.1 cm³/mol. The Balaban J connectivity index is 2.30. The molecule has 1 rings (SSSR count). The van der Waals surface area contributed by atoms with Crippen molar-refractivity contribution in [3.63, 3.8) is 0 Å². The van der Waals surface area contributed by atoms with Gasteiger partial charge in [-0.2, -0.15) is 0 Å². The van der Waals surface area contributed by atoms with E-state index >= 15 is 0 Å². The summed E-state index contributed by atoms with van der Waals surface area (Å²) in [7, 11) is 1.72. The second-order valence-corrected chi connectivity index (χ2v) is 3.57. The summed E-state index contributed by atoms with van der Waals surface area (Å²) < 4.78 is 0. The number of carbonyl (C=O) groups is 1. The van der Waals surface area contributed by atoms with Crippen molar-refractivity contribution in [3.05, 3.63) is 0 Å². The Morgan fingerprint density at radius 1 is 1.58 bits per heavy atom. The van der Waals surface area contributed by atoms with E-state index in [2.05, 4.69) is 5.32 Å². The number of carboxylic acid groups (broad SMARTS) is 1. The summed E-state index contributed by atoms with van der Waals surface area (Å²) in [5, 5.41) is 11.6. The smallest absolute Gasteiger partial charge is 0.320 e. The summed E-state index contributed by atoms with van der Waals surface area (Å²) in [6.07, 6.45) is 5.78. The average Bonchev–Trinajstić information content (AvgIpc) is 2.51. The lowest BCUT2D eigenvalue weighted by atomic mass is 9.99. The fourth-order valence-electron chi connectivity index (χ4n) is 1.92. The highest BCUT2D eigenvalue weighted by Gasteiger charge is 2.23. The highest BCUT2D eigenvalue weighted by atomic mass is 16.4. The van der Waals surface area contributed by atoms with Crippen molar-refractivity contribution in [3.8, 4) is 0 Å². The molecule has 0 radical (unpaired) electrons. The SMILES string of the molecule is CNC(CC1CCCC1)C(=O)O. The van der Waals surface area contributed by atoms with Gasteiger partial charge >= 0.3 is 5.97 Å². The molecular weight excluding hydrogens is 154 g/mol. The molecule has 0 amide bonds. The van der Waals surface area contributed by atoms with E-state index in [1.165, 1.54) is 25.7 Å². The third kappa shape index (κ3) is 2.48. The Morgan fingerprint density at radius 3 is 2.58 bits per heavy atom. The number of nitrogens with one attached hydrogen (secondary N) is 1. The molecule has 0 bridgehead atoms. The first-order valence-electron chi connectivity index (χ1n) is 4.64. The predicted octanol–water partition coefficient (Wildman–Crippen LogP) is 1.24. The van der Waals surface area contributed by atoms with Crippen LogP contribution in [0.4, 0.5) is 0 Å². The van der Waals surface area contributed by atoms with Crippen molar-refractivity contribution in [1.82, 2.24) is 5.32 Å². The summed E-state index contributed by atoms with van der Waals surface area (Å²) in [4.78, 5) is 10.7. The van der Waals surface area contributed by atoms with Crippen LogP contribution in [0.25, 0.3) is 0 Å². The van der Waals surface area contributed by atoms with Crippen LogP contribution < -0.4 is 5.32 Å². The monoisotopic (exact) mass is 171 g/mol. The molecule has 0 aromatic rings. The molecule has 1 aliphatic rings. The molecule has 0 saturated heterocycles. The molecule has 0 aromatic carbocycles. The molecule has 2 N–H and O–H groups in total. The van der Waals surface area contributed by atoms with Crippen molar-refractivity contribution in [1.29, 1.82) is 0 Å². The maximum absolute atomic E-state index is 10.7. The second-order valence-electron chi connectivity index (χ2n) is 3.57. The van der Waals surface area contributed by atoms with Crippen LogP contribution in [0.3, 0.4) is 0 Å². The van der Waals surface area contributed by atoms with Crippen LogP contribution in [0.5, 0.6) is 0 Å². The van der Waals surface area contributed by atoms with Gasteiger partial charge in [0.05, 0.1) is 0 Å². The summed E-state index contributed by atoms with van der Waals surface area (Å²) in [6.45, 7) is 0. The van der Waals surface area contributed by atoms with Gasteiger partial charge in [-0.1, -0.05) is 25.7 Å². The molecule has 0 aliphatic heterocycles. The van der Waals surface area contributed by atoms with E-state index in [4.69, 9.17) is 5.11 Å². The van der Waals surface area contributed by atoms with E-state index < -0.39 is 5.97 Å². The molecule has 3 heteroatoms. The van der Waals surface area contributed by atoms with Gasteiger partial charge in [0.25, 0.3) is 0 Å². The van der Waals surface area contributed by atoms with Crippen LogP contribution in [0.15, 0.2) is 0 Å². The number of aliphatic carboxylic acids is 1. The molecule has 70 valence electrons. The van der Waals surface area contributed by atoms with Crippen molar-refractivity contribution in [2.24, 2.45) is 5.92 Å². The lowest BCUT2D eigenvalue weighted by molar-refractivity contribution is -0.139. The van der Waals surface area contributed by atoms with Gasteiger partial charge in [-0.05, 0) is 19.4 Å². The number of carboxylic acids is 1. The zero-order valence-corrected chi connectivity index (χ0v) is 7.55. The van der Waals surface area contributed by atoms with E-state index in [-0.39, 0.29) is 6.04 Å². The number of likely N-dealkylation sites (N-methyl/N-ethyl adjacent to an activating group) is 1. The van der Waals surface area contributed by atoms with Crippen LogP contribution in [0, 0.1) is 5.92 Å². The van der Waals surface area contributed by atoms with Gasteiger partial charge in [0.1, 0.15) is 6.04 Å². The third-order valence-electron chi connectivity index (χ3n) is 2.69. The minimum absolute atomic E-state index is 0.340. The van der Waals surface area contributed by atoms with Gasteiger partial charge in [-0.3, -0.25) is 4.79 Å². The first kappa shape index (κ1) is 9.52. The quantitative estimate of drug-likeness (QED) is 0.669. The normalized spacial score (nSPS) is 21.1. The molecule has 0 aromatic heterocycles.